The Balaban J connectivity index is 3.06. The molecule has 1 aromatic carbocycles. The first-order valence-electron chi connectivity index (χ1n) is 10.5. The number of hydrogen-bond donors (Lipinski definition) is 8. The lowest BCUT2D eigenvalue weighted by Gasteiger charge is -2.24. The van der Waals surface area contributed by atoms with Crippen molar-refractivity contribution in [2.24, 2.45) is 11.5 Å². The van der Waals surface area contributed by atoms with Crippen molar-refractivity contribution in [2.75, 3.05) is 6.54 Å². The molecule has 1 rings (SSSR count). The van der Waals surface area contributed by atoms with Crippen LogP contribution in [-0.4, -0.2) is 75.6 Å². The van der Waals surface area contributed by atoms with Crippen LogP contribution >= 0.6 is 0 Å². The maximum absolute atomic E-state index is 12.9. The molecule has 0 bridgehead atoms. The molecule has 0 aliphatic heterocycles. The molecule has 1 aromatic rings. The molecule has 0 heterocycles. The van der Waals surface area contributed by atoms with E-state index in [0.717, 1.165) is 0 Å². The van der Waals surface area contributed by atoms with Crippen molar-refractivity contribution in [1.82, 2.24) is 16.0 Å². The third-order valence-corrected chi connectivity index (χ3v) is 4.79. The average molecular weight is 495 g/mol. The minimum atomic E-state index is -1.51. The summed E-state index contributed by atoms with van der Waals surface area (Å²) in [4.78, 5) is 70.9. The van der Waals surface area contributed by atoms with Crippen LogP contribution in [0.2, 0.25) is 0 Å². The Hall–Kier alpha value is -4.20. The lowest BCUT2D eigenvalue weighted by atomic mass is 10.0. The summed E-state index contributed by atoms with van der Waals surface area (Å²) in [5.41, 5.74) is 10.9. The molecule has 3 unspecified atom stereocenters. The first-order valence-corrected chi connectivity index (χ1v) is 10.5. The second kappa shape index (κ2) is 14.1. The fourth-order valence-corrected chi connectivity index (χ4v) is 2.96. The highest BCUT2D eigenvalue weighted by Crippen LogP contribution is 2.12. The molecule has 10 N–H and O–H groups in total. The van der Waals surface area contributed by atoms with Gasteiger partial charge in [-0.1, -0.05) is 12.1 Å². The molecule has 14 heteroatoms. The first-order chi connectivity index (χ1) is 16.4. The van der Waals surface area contributed by atoms with Crippen LogP contribution in [0, 0.1) is 0 Å². The van der Waals surface area contributed by atoms with E-state index in [1.807, 2.05) is 0 Å². The van der Waals surface area contributed by atoms with Gasteiger partial charge < -0.3 is 42.7 Å². The number of aromatic hydroxyl groups is 1. The van der Waals surface area contributed by atoms with E-state index < -0.39 is 66.7 Å². The standard InChI is InChI=1S/C21H29N5O9/c22-10-17(29)24-15(9-11-1-3-12(27)4-2-11)20(33)25-13(6-8-18(30)31)19(32)26-14(21(34)35)5-7-16(23)28/h1-4,13-15,27H,5-10,22H2,(H2,23,28)(H,24,29)(H,25,33)(H,26,32)(H,30,31)(H,34,35). The van der Waals surface area contributed by atoms with Crippen molar-refractivity contribution in [1.29, 1.82) is 0 Å². The van der Waals surface area contributed by atoms with E-state index in [1.165, 1.54) is 24.3 Å². The van der Waals surface area contributed by atoms with Crippen molar-refractivity contribution in [2.45, 2.75) is 50.2 Å². The van der Waals surface area contributed by atoms with Gasteiger partial charge in [0.05, 0.1) is 6.54 Å². The molecule has 0 aliphatic rings. The highest BCUT2D eigenvalue weighted by atomic mass is 16.4. The number of primary amides is 1. The van der Waals surface area contributed by atoms with Crippen LogP contribution in [-0.2, 0) is 35.2 Å². The number of rotatable bonds is 15. The summed E-state index contributed by atoms with van der Waals surface area (Å²) in [6, 6.07) is 1.56. The predicted molar refractivity (Wildman–Crippen MR) is 120 cm³/mol. The Morgan fingerprint density at radius 2 is 1.34 bits per heavy atom. The Morgan fingerprint density at radius 3 is 1.86 bits per heavy atom. The van der Waals surface area contributed by atoms with Gasteiger partial charge in [-0.05, 0) is 30.5 Å². The van der Waals surface area contributed by atoms with Crippen LogP contribution in [0.15, 0.2) is 24.3 Å². The maximum Gasteiger partial charge on any atom is 0.326 e. The molecular formula is C21H29N5O9. The fraction of sp³-hybridized carbons (Fsp3) is 0.429. The molecule has 35 heavy (non-hydrogen) atoms. The number of benzene rings is 1. The van der Waals surface area contributed by atoms with Gasteiger partial charge in [0.15, 0.2) is 0 Å². The maximum atomic E-state index is 12.9. The second-order valence-electron chi connectivity index (χ2n) is 7.59. The summed E-state index contributed by atoms with van der Waals surface area (Å²) in [6.45, 7) is -0.428. The molecule has 0 saturated carbocycles. The van der Waals surface area contributed by atoms with Crippen molar-refractivity contribution in [3.8, 4) is 5.75 Å². The van der Waals surface area contributed by atoms with Crippen LogP contribution in [0.25, 0.3) is 0 Å². The van der Waals surface area contributed by atoms with Crippen molar-refractivity contribution < 1.29 is 44.1 Å². The lowest BCUT2D eigenvalue weighted by molar-refractivity contribution is -0.143. The smallest absolute Gasteiger partial charge is 0.326 e. The van der Waals surface area contributed by atoms with Gasteiger partial charge in [-0.25, -0.2) is 4.79 Å². The van der Waals surface area contributed by atoms with E-state index >= 15 is 0 Å². The van der Waals surface area contributed by atoms with Crippen LogP contribution < -0.4 is 27.4 Å². The fourth-order valence-electron chi connectivity index (χ4n) is 2.96. The van der Waals surface area contributed by atoms with E-state index in [4.69, 9.17) is 16.6 Å². The number of carbonyl (C=O) groups excluding carboxylic acids is 4. The van der Waals surface area contributed by atoms with Crippen LogP contribution in [0.5, 0.6) is 5.75 Å². The number of carbonyl (C=O) groups is 6. The SMILES string of the molecule is NCC(=O)NC(Cc1ccc(O)cc1)C(=O)NC(CCC(=O)O)C(=O)NC(CCC(N)=O)C(=O)O. The van der Waals surface area contributed by atoms with E-state index in [-0.39, 0.29) is 31.4 Å². The Morgan fingerprint density at radius 1 is 0.800 bits per heavy atom. The Bertz CT molecular complexity index is 936. The van der Waals surface area contributed by atoms with E-state index in [0.29, 0.717) is 5.56 Å². The number of amides is 4. The zero-order chi connectivity index (χ0) is 26.5. The van der Waals surface area contributed by atoms with Crippen molar-refractivity contribution in [3.05, 3.63) is 29.8 Å². The van der Waals surface area contributed by atoms with E-state index in [9.17, 15) is 39.0 Å². The quantitative estimate of drug-likeness (QED) is 0.128. The highest BCUT2D eigenvalue weighted by molar-refractivity contribution is 5.94. The minimum absolute atomic E-state index is 0.0181. The Labute approximate surface area is 200 Å². The molecule has 192 valence electrons. The molecule has 0 saturated heterocycles. The van der Waals surface area contributed by atoms with Crippen LogP contribution in [0.3, 0.4) is 0 Å². The highest BCUT2D eigenvalue weighted by Gasteiger charge is 2.30. The van der Waals surface area contributed by atoms with Gasteiger partial charge >= 0.3 is 11.9 Å². The number of phenolic OH excluding ortho intramolecular Hbond substituents is 1. The number of nitrogens with two attached hydrogens (primary N) is 2. The third-order valence-electron chi connectivity index (χ3n) is 4.79. The summed E-state index contributed by atoms with van der Waals surface area (Å²) in [5, 5.41) is 34.6. The second-order valence-corrected chi connectivity index (χ2v) is 7.59. The number of carboxylic acid groups (broad SMARTS) is 2. The summed E-state index contributed by atoms with van der Waals surface area (Å²) >= 11 is 0. The van der Waals surface area contributed by atoms with Gasteiger partial charge in [0.1, 0.15) is 23.9 Å². The first kappa shape index (κ1) is 28.8. The predicted octanol–water partition coefficient (Wildman–Crippen LogP) is -2.44. The summed E-state index contributed by atoms with van der Waals surface area (Å²) in [6.07, 6.45) is -1.61. The summed E-state index contributed by atoms with van der Waals surface area (Å²) < 4.78 is 0. The average Bonchev–Trinajstić information content (AvgIpc) is 2.79. The van der Waals surface area contributed by atoms with Gasteiger partial charge in [0.2, 0.25) is 23.6 Å². The molecule has 3 atom stereocenters. The lowest BCUT2D eigenvalue weighted by Crippen LogP contribution is -2.56. The molecule has 0 fully saturated rings. The molecule has 4 amide bonds. The van der Waals surface area contributed by atoms with Crippen LogP contribution in [0.1, 0.15) is 31.2 Å². The summed E-state index contributed by atoms with van der Waals surface area (Å²) in [7, 11) is 0. The molecule has 0 spiro atoms. The number of aliphatic carboxylic acids is 2. The number of phenols is 1. The third kappa shape index (κ3) is 11.0. The van der Waals surface area contributed by atoms with Crippen LogP contribution in [0.4, 0.5) is 0 Å². The molecule has 0 aliphatic carbocycles. The normalized spacial score (nSPS) is 13.1. The molecule has 0 radical (unpaired) electrons. The molecule has 14 nitrogen and oxygen atoms in total. The zero-order valence-electron chi connectivity index (χ0n) is 18.7. The molecule has 0 aromatic heterocycles. The molecular weight excluding hydrogens is 466 g/mol. The van der Waals surface area contributed by atoms with Gasteiger partial charge in [-0.2, -0.15) is 0 Å². The van der Waals surface area contributed by atoms with E-state index in [2.05, 4.69) is 16.0 Å². The monoisotopic (exact) mass is 495 g/mol. The Kier molecular flexibility index (Phi) is 11.7. The zero-order valence-corrected chi connectivity index (χ0v) is 18.7. The van der Waals surface area contributed by atoms with Gasteiger partial charge in [0.25, 0.3) is 0 Å². The topological polar surface area (TPSA) is 251 Å². The number of carboxylic acids is 2. The van der Waals surface area contributed by atoms with E-state index in [1.54, 1.807) is 0 Å². The van der Waals surface area contributed by atoms with Gasteiger partial charge in [-0.15, -0.1) is 0 Å². The minimum Gasteiger partial charge on any atom is -0.508 e. The van der Waals surface area contributed by atoms with Crippen molar-refractivity contribution >= 4 is 35.6 Å². The van der Waals surface area contributed by atoms with Gasteiger partial charge in [-0.3, -0.25) is 24.0 Å². The summed E-state index contributed by atoms with van der Waals surface area (Å²) in [5.74, 6) is -6.04. The number of nitrogens with one attached hydrogen (secondary N) is 3. The number of hydrogen-bond acceptors (Lipinski definition) is 8. The largest absolute Gasteiger partial charge is 0.508 e. The van der Waals surface area contributed by atoms with Crippen molar-refractivity contribution in [3.63, 3.8) is 0 Å². The van der Waals surface area contributed by atoms with Gasteiger partial charge in [0, 0.05) is 19.3 Å².